The third kappa shape index (κ3) is 6.13. The largest absolute Gasteiger partial charge is 0.492 e. The molecule has 0 aliphatic carbocycles. The Kier molecular flexibility index (Phi) is 7.37. The van der Waals surface area contributed by atoms with Crippen LogP contribution >= 0.6 is 23.1 Å². The molecule has 0 fully saturated rings. The van der Waals surface area contributed by atoms with E-state index >= 15 is 0 Å². The van der Waals surface area contributed by atoms with Crippen molar-refractivity contribution in [3.63, 3.8) is 0 Å². The molecule has 5 nitrogen and oxygen atoms in total. The third-order valence-corrected chi connectivity index (χ3v) is 5.90. The molecule has 0 atom stereocenters. The van der Waals surface area contributed by atoms with Crippen LogP contribution in [0.15, 0.2) is 58.3 Å². The lowest BCUT2D eigenvalue weighted by molar-refractivity contribution is -0.115. The van der Waals surface area contributed by atoms with Crippen molar-refractivity contribution >= 4 is 40.5 Å². The maximum Gasteiger partial charge on any atom is 0.230 e. The number of benzene rings is 2. The number of carbonyl (C=O) groups is 2. The highest BCUT2D eigenvalue weighted by Crippen LogP contribution is 2.26. The highest BCUT2D eigenvalue weighted by Gasteiger charge is 2.13. The van der Waals surface area contributed by atoms with Gasteiger partial charge in [-0.05, 0) is 43.3 Å². The van der Waals surface area contributed by atoms with Crippen LogP contribution in [0.4, 0.5) is 10.1 Å². The molecular weight excluding hydrogens is 411 g/mol. The summed E-state index contributed by atoms with van der Waals surface area (Å²) in [6, 6.07) is 12.7. The van der Waals surface area contributed by atoms with E-state index in [1.807, 2.05) is 19.1 Å². The van der Waals surface area contributed by atoms with Crippen LogP contribution < -0.4 is 10.1 Å². The smallest absolute Gasteiger partial charge is 0.230 e. The Morgan fingerprint density at radius 1 is 1.17 bits per heavy atom. The first-order valence-corrected chi connectivity index (χ1v) is 10.8. The minimum Gasteiger partial charge on any atom is -0.492 e. The van der Waals surface area contributed by atoms with Crippen molar-refractivity contribution in [2.45, 2.75) is 17.7 Å². The summed E-state index contributed by atoms with van der Waals surface area (Å²) in [5, 5.41) is 4.64. The Labute approximate surface area is 176 Å². The van der Waals surface area contributed by atoms with Gasteiger partial charge in [-0.3, -0.25) is 9.59 Å². The fraction of sp³-hybridized carbons (Fsp3) is 0.190. The number of nitrogens with zero attached hydrogens (tertiary/aromatic N) is 1. The molecule has 0 aliphatic rings. The summed E-state index contributed by atoms with van der Waals surface area (Å²) in [7, 11) is 0. The first-order valence-electron chi connectivity index (χ1n) is 8.93. The Morgan fingerprint density at radius 2 is 1.93 bits per heavy atom. The minimum absolute atomic E-state index is 0.1000. The van der Waals surface area contributed by atoms with Crippen LogP contribution in [0.25, 0.3) is 0 Å². The molecule has 1 heterocycles. The van der Waals surface area contributed by atoms with Gasteiger partial charge in [0.15, 0.2) is 10.1 Å². The monoisotopic (exact) mass is 430 g/mol. The van der Waals surface area contributed by atoms with Gasteiger partial charge in [0, 0.05) is 10.9 Å². The lowest BCUT2D eigenvalue weighted by atomic mass is 10.1. The van der Waals surface area contributed by atoms with Gasteiger partial charge in [0.05, 0.1) is 30.2 Å². The zero-order valence-corrected chi connectivity index (χ0v) is 17.3. The molecule has 8 heteroatoms. The number of anilines is 1. The van der Waals surface area contributed by atoms with E-state index in [9.17, 15) is 14.0 Å². The van der Waals surface area contributed by atoms with Crippen molar-refractivity contribution in [3.05, 3.63) is 71.0 Å². The van der Waals surface area contributed by atoms with E-state index in [1.54, 1.807) is 17.5 Å². The molecular formula is C21H19FN2O3S2. The number of Topliss-reactive ketones (excluding diaryl/α,β-unsaturated/α-hetero) is 1. The highest BCUT2D eigenvalue weighted by molar-refractivity contribution is 8.01. The maximum atomic E-state index is 12.9. The maximum absolute atomic E-state index is 12.9. The van der Waals surface area contributed by atoms with Crippen LogP contribution in [0.2, 0.25) is 0 Å². The molecule has 150 valence electrons. The molecule has 0 saturated carbocycles. The van der Waals surface area contributed by atoms with E-state index in [0.717, 1.165) is 0 Å². The topological polar surface area (TPSA) is 68.3 Å². The van der Waals surface area contributed by atoms with Crippen LogP contribution in [-0.2, 0) is 11.2 Å². The Balaban J connectivity index is 1.53. The first kappa shape index (κ1) is 21.0. The van der Waals surface area contributed by atoms with Gasteiger partial charge in [0.2, 0.25) is 5.91 Å². The number of ether oxygens (including phenoxy) is 1. The predicted molar refractivity (Wildman–Crippen MR) is 114 cm³/mol. The van der Waals surface area contributed by atoms with Gasteiger partial charge in [0.1, 0.15) is 11.6 Å². The van der Waals surface area contributed by atoms with Gasteiger partial charge in [-0.1, -0.05) is 23.9 Å². The van der Waals surface area contributed by atoms with Gasteiger partial charge >= 0.3 is 0 Å². The molecule has 1 amide bonds. The second-order valence-corrected chi connectivity index (χ2v) is 8.06. The number of carbonyl (C=O) groups excluding carboxylic acids is 2. The molecule has 3 aromatic rings. The molecule has 3 rings (SSSR count). The van der Waals surface area contributed by atoms with E-state index < -0.39 is 0 Å². The van der Waals surface area contributed by atoms with Crippen LogP contribution in [0.1, 0.15) is 23.0 Å². The van der Waals surface area contributed by atoms with Crippen molar-refractivity contribution in [1.29, 1.82) is 0 Å². The summed E-state index contributed by atoms with van der Waals surface area (Å²) in [6.45, 7) is 2.39. The highest BCUT2D eigenvalue weighted by atomic mass is 32.2. The zero-order valence-electron chi connectivity index (χ0n) is 15.7. The Bertz CT molecular complexity index is 990. The van der Waals surface area contributed by atoms with E-state index in [0.29, 0.717) is 33.6 Å². The van der Waals surface area contributed by atoms with E-state index in [1.165, 1.54) is 47.4 Å². The number of thioether (sulfide) groups is 1. The van der Waals surface area contributed by atoms with Crippen molar-refractivity contribution in [1.82, 2.24) is 4.98 Å². The van der Waals surface area contributed by atoms with Crippen molar-refractivity contribution in [2.75, 3.05) is 17.7 Å². The average Bonchev–Trinajstić information content (AvgIpc) is 3.15. The van der Waals surface area contributed by atoms with Crippen LogP contribution in [0.3, 0.4) is 0 Å². The molecule has 1 N–H and O–H groups in total. The molecule has 0 aliphatic heterocycles. The molecule has 0 saturated heterocycles. The molecule has 0 spiro atoms. The quantitative estimate of drug-likeness (QED) is 0.389. The van der Waals surface area contributed by atoms with E-state index in [4.69, 9.17) is 4.74 Å². The number of para-hydroxylation sites is 2. The fourth-order valence-electron chi connectivity index (χ4n) is 2.49. The summed E-state index contributed by atoms with van der Waals surface area (Å²) >= 11 is 2.68. The average molecular weight is 431 g/mol. The standard InChI is InChI=1S/C21H19FN2O3S2/c1-2-27-19-6-4-3-5-17(19)24-20(26)11-16-12-28-21(23-16)29-13-18(25)14-7-9-15(22)10-8-14/h3-10,12H,2,11,13H2,1H3,(H,24,26). The Morgan fingerprint density at radius 3 is 2.69 bits per heavy atom. The molecule has 0 unspecified atom stereocenters. The number of rotatable bonds is 9. The lowest BCUT2D eigenvalue weighted by Gasteiger charge is -2.10. The zero-order chi connectivity index (χ0) is 20.6. The Hall–Kier alpha value is -2.71. The van der Waals surface area contributed by atoms with E-state index in [2.05, 4.69) is 10.3 Å². The van der Waals surface area contributed by atoms with Crippen molar-refractivity contribution in [2.24, 2.45) is 0 Å². The van der Waals surface area contributed by atoms with Crippen LogP contribution in [0.5, 0.6) is 5.75 Å². The van der Waals surface area contributed by atoms with Crippen molar-refractivity contribution in [3.8, 4) is 5.75 Å². The number of amides is 1. The SMILES string of the molecule is CCOc1ccccc1NC(=O)Cc1csc(SCC(=O)c2ccc(F)cc2)n1. The molecule has 1 aromatic heterocycles. The second kappa shape index (κ2) is 10.2. The normalized spacial score (nSPS) is 10.6. The summed E-state index contributed by atoms with van der Waals surface area (Å²) in [5.74, 6) is 0.156. The molecule has 29 heavy (non-hydrogen) atoms. The van der Waals surface area contributed by atoms with Gasteiger partial charge in [-0.2, -0.15) is 0 Å². The minimum atomic E-state index is -0.374. The summed E-state index contributed by atoms with van der Waals surface area (Å²) < 4.78 is 19.2. The van der Waals surface area contributed by atoms with Gasteiger partial charge in [0.25, 0.3) is 0 Å². The fourth-order valence-corrected chi connectivity index (χ4v) is 4.23. The number of nitrogens with one attached hydrogen (secondary N) is 1. The number of ketones is 1. The molecule has 2 aromatic carbocycles. The van der Waals surface area contributed by atoms with Gasteiger partial charge < -0.3 is 10.1 Å². The number of halogens is 1. The summed E-state index contributed by atoms with van der Waals surface area (Å²) in [6.07, 6.45) is 0.128. The van der Waals surface area contributed by atoms with Crippen LogP contribution in [-0.4, -0.2) is 29.0 Å². The van der Waals surface area contributed by atoms with E-state index in [-0.39, 0.29) is 29.7 Å². The number of aromatic nitrogens is 1. The number of thiazole rings is 1. The lowest BCUT2D eigenvalue weighted by Crippen LogP contribution is -2.15. The molecule has 0 bridgehead atoms. The number of hydrogen-bond donors (Lipinski definition) is 1. The first-order chi connectivity index (χ1) is 14.0. The third-order valence-electron chi connectivity index (χ3n) is 3.83. The molecule has 0 radical (unpaired) electrons. The van der Waals surface area contributed by atoms with Crippen molar-refractivity contribution < 1.29 is 18.7 Å². The van der Waals surface area contributed by atoms with Gasteiger partial charge in [-0.25, -0.2) is 9.37 Å². The second-order valence-electron chi connectivity index (χ2n) is 5.98. The van der Waals surface area contributed by atoms with Crippen LogP contribution in [0, 0.1) is 5.82 Å². The predicted octanol–water partition coefficient (Wildman–Crippen LogP) is 4.84. The number of hydrogen-bond acceptors (Lipinski definition) is 6. The summed E-state index contributed by atoms with van der Waals surface area (Å²) in [4.78, 5) is 28.9. The summed E-state index contributed by atoms with van der Waals surface area (Å²) in [5.41, 5.74) is 1.72. The van der Waals surface area contributed by atoms with Gasteiger partial charge in [-0.15, -0.1) is 11.3 Å².